The van der Waals surface area contributed by atoms with E-state index in [1.165, 1.54) is 25.7 Å². The quantitative estimate of drug-likeness (QED) is 0.611. The summed E-state index contributed by atoms with van der Waals surface area (Å²) in [5.74, 6) is 5.59. The summed E-state index contributed by atoms with van der Waals surface area (Å²) in [5.41, 5.74) is 0. The first-order chi connectivity index (χ1) is 6.29. The fourth-order valence-corrected chi connectivity index (χ4v) is 3.93. The van der Waals surface area contributed by atoms with Crippen molar-refractivity contribution in [2.24, 2.45) is 29.6 Å². The van der Waals surface area contributed by atoms with Gasteiger partial charge in [0.1, 0.15) is 0 Å². The maximum Gasteiger partial charge on any atom is -0.0323 e. The Morgan fingerprint density at radius 3 is 2.31 bits per heavy atom. The Kier molecular flexibility index (Phi) is 2.67. The van der Waals surface area contributed by atoms with Gasteiger partial charge in [0, 0.05) is 0 Å². The number of unbranched alkanes of at least 4 members (excludes halogenated alkanes) is 1. The first-order valence-corrected chi connectivity index (χ1v) is 6.29. The molecule has 0 heteroatoms. The fourth-order valence-electron chi connectivity index (χ4n) is 3.93. The first-order valence-electron chi connectivity index (χ1n) is 6.29. The largest absolute Gasteiger partial charge is 0.0654 e. The van der Waals surface area contributed by atoms with Crippen LogP contribution in [0.5, 0.6) is 0 Å². The van der Waals surface area contributed by atoms with Crippen molar-refractivity contribution in [2.45, 2.75) is 52.9 Å². The van der Waals surface area contributed by atoms with Gasteiger partial charge in [-0.2, -0.15) is 0 Å². The summed E-state index contributed by atoms with van der Waals surface area (Å²) in [5, 5.41) is 0. The van der Waals surface area contributed by atoms with Gasteiger partial charge in [-0.25, -0.2) is 0 Å². The average molecular weight is 180 g/mol. The topological polar surface area (TPSA) is 0 Å². The van der Waals surface area contributed by atoms with E-state index < -0.39 is 0 Å². The highest BCUT2D eigenvalue weighted by molar-refractivity contribution is 5.06. The first kappa shape index (κ1) is 9.55. The third-order valence-corrected chi connectivity index (χ3v) is 4.66. The molecule has 0 spiro atoms. The minimum Gasteiger partial charge on any atom is -0.0654 e. The summed E-state index contributed by atoms with van der Waals surface area (Å²) >= 11 is 0. The molecule has 0 heterocycles. The van der Waals surface area contributed by atoms with E-state index >= 15 is 0 Å². The smallest absolute Gasteiger partial charge is 0.0323 e. The van der Waals surface area contributed by atoms with Crippen LogP contribution in [0.25, 0.3) is 0 Å². The van der Waals surface area contributed by atoms with Crippen LogP contribution in [0, 0.1) is 29.6 Å². The second-order valence-corrected chi connectivity index (χ2v) is 5.32. The third-order valence-electron chi connectivity index (χ3n) is 4.66. The van der Waals surface area contributed by atoms with Crippen LogP contribution in [0.4, 0.5) is 0 Å². The lowest BCUT2D eigenvalue weighted by molar-refractivity contribution is 0.345. The molecular weight excluding hydrogens is 156 g/mol. The second-order valence-electron chi connectivity index (χ2n) is 5.32. The molecule has 13 heavy (non-hydrogen) atoms. The fraction of sp³-hybridized carbons (Fsp3) is 1.00. The number of hydrogen-bond acceptors (Lipinski definition) is 0. The van der Waals surface area contributed by atoms with Crippen LogP contribution in [0.15, 0.2) is 0 Å². The van der Waals surface area contributed by atoms with E-state index in [1.807, 2.05) is 0 Å². The van der Waals surface area contributed by atoms with Gasteiger partial charge in [0.05, 0.1) is 0 Å². The number of fused-ring (bicyclic) bond motifs is 1. The summed E-state index contributed by atoms with van der Waals surface area (Å²) in [4.78, 5) is 0. The number of rotatable bonds is 4. The van der Waals surface area contributed by atoms with Crippen molar-refractivity contribution in [3.63, 3.8) is 0 Å². The highest BCUT2D eigenvalue weighted by Gasteiger charge is 2.58. The van der Waals surface area contributed by atoms with Gasteiger partial charge in [-0.1, -0.05) is 46.5 Å². The molecule has 0 saturated heterocycles. The maximum absolute atomic E-state index is 2.48. The molecule has 5 unspecified atom stereocenters. The molecule has 0 N–H and O–H groups in total. The molecule has 0 nitrogen and oxygen atoms in total. The van der Waals surface area contributed by atoms with Crippen LogP contribution in [0.1, 0.15) is 52.9 Å². The van der Waals surface area contributed by atoms with Crippen LogP contribution in [-0.4, -0.2) is 0 Å². The van der Waals surface area contributed by atoms with Gasteiger partial charge < -0.3 is 0 Å². The van der Waals surface area contributed by atoms with E-state index in [0.717, 1.165) is 29.6 Å². The molecule has 0 aliphatic heterocycles. The Hall–Kier alpha value is 0. The highest BCUT2D eigenvalue weighted by atomic mass is 14.6. The predicted octanol–water partition coefficient (Wildman–Crippen LogP) is 4.10. The van der Waals surface area contributed by atoms with Gasteiger partial charge in [-0.05, 0) is 36.0 Å². The van der Waals surface area contributed by atoms with Gasteiger partial charge in [-0.3, -0.25) is 0 Å². The maximum atomic E-state index is 2.48. The van der Waals surface area contributed by atoms with Crippen molar-refractivity contribution in [1.29, 1.82) is 0 Å². The number of hydrogen-bond donors (Lipinski definition) is 0. The lowest BCUT2D eigenvalue weighted by Crippen LogP contribution is -2.06. The Morgan fingerprint density at radius 2 is 1.77 bits per heavy atom. The normalized spacial score (nSPS) is 47.8. The van der Waals surface area contributed by atoms with Crippen LogP contribution < -0.4 is 0 Å². The molecule has 2 aliphatic rings. The highest BCUT2D eigenvalue weighted by Crippen LogP contribution is 2.64. The van der Waals surface area contributed by atoms with Crippen LogP contribution >= 0.6 is 0 Å². The lowest BCUT2D eigenvalue weighted by atomic mass is 9.89. The van der Waals surface area contributed by atoms with E-state index in [2.05, 4.69) is 20.8 Å². The molecule has 2 aliphatic carbocycles. The molecule has 0 aromatic heterocycles. The van der Waals surface area contributed by atoms with Crippen molar-refractivity contribution in [1.82, 2.24) is 0 Å². The van der Waals surface area contributed by atoms with Crippen LogP contribution in [-0.2, 0) is 0 Å². The van der Waals surface area contributed by atoms with E-state index in [1.54, 1.807) is 6.42 Å². The van der Waals surface area contributed by atoms with Crippen molar-refractivity contribution in [3.05, 3.63) is 0 Å². The molecule has 2 rings (SSSR count). The molecule has 0 aromatic rings. The summed E-state index contributed by atoms with van der Waals surface area (Å²) in [6.45, 7) is 7.19. The zero-order valence-corrected chi connectivity index (χ0v) is 9.42. The zero-order chi connectivity index (χ0) is 9.42. The molecule has 5 atom stereocenters. The summed E-state index contributed by atoms with van der Waals surface area (Å²) in [6.07, 6.45) is 7.39. The Labute approximate surface area is 83.1 Å². The summed E-state index contributed by atoms with van der Waals surface area (Å²) in [7, 11) is 0. The molecule has 0 radical (unpaired) electrons. The van der Waals surface area contributed by atoms with Crippen molar-refractivity contribution >= 4 is 0 Å². The predicted molar refractivity (Wildman–Crippen MR) is 57.6 cm³/mol. The van der Waals surface area contributed by atoms with Gasteiger partial charge in [0.25, 0.3) is 0 Å². The standard InChI is InChI=1S/C13H24/c1-4-6-7-11-8-10(5-2)12-9(3)13(11)12/h9-13H,4-8H2,1-3H3. The van der Waals surface area contributed by atoms with Crippen LogP contribution in [0.2, 0.25) is 0 Å². The van der Waals surface area contributed by atoms with Gasteiger partial charge >= 0.3 is 0 Å². The van der Waals surface area contributed by atoms with Crippen molar-refractivity contribution in [2.75, 3.05) is 0 Å². The van der Waals surface area contributed by atoms with Crippen molar-refractivity contribution in [3.8, 4) is 0 Å². The molecular formula is C13H24. The zero-order valence-electron chi connectivity index (χ0n) is 9.42. The van der Waals surface area contributed by atoms with E-state index in [-0.39, 0.29) is 0 Å². The lowest BCUT2D eigenvalue weighted by Gasteiger charge is -2.16. The van der Waals surface area contributed by atoms with Crippen molar-refractivity contribution < 1.29 is 0 Å². The summed E-state index contributed by atoms with van der Waals surface area (Å²) in [6, 6.07) is 0. The SMILES string of the molecule is CCCCC1CC(CC)C2C(C)C12. The molecule has 2 saturated carbocycles. The van der Waals surface area contributed by atoms with Gasteiger partial charge in [-0.15, -0.1) is 0 Å². The Balaban J connectivity index is 1.86. The average Bonchev–Trinajstić information content (AvgIpc) is 2.64. The van der Waals surface area contributed by atoms with Crippen LogP contribution in [0.3, 0.4) is 0 Å². The minimum atomic E-state index is 1.08. The minimum absolute atomic E-state index is 1.08. The molecule has 2 fully saturated rings. The van der Waals surface area contributed by atoms with Gasteiger partial charge in [0.2, 0.25) is 0 Å². The Morgan fingerprint density at radius 1 is 1.08 bits per heavy atom. The molecule has 76 valence electrons. The van der Waals surface area contributed by atoms with E-state index in [4.69, 9.17) is 0 Å². The third kappa shape index (κ3) is 1.53. The molecule has 0 bridgehead atoms. The van der Waals surface area contributed by atoms with Gasteiger partial charge in [0.15, 0.2) is 0 Å². The summed E-state index contributed by atoms with van der Waals surface area (Å²) < 4.78 is 0. The van der Waals surface area contributed by atoms with E-state index in [9.17, 15) is 0 Å². The molecule has 0 amide bonds. The van der Waals surface area contributed by atoms with E-state index in [0.29, 0.717) is 0 Å². The monoisotopic (exact) mass is 180 g/mol. The molecule has 0 aromatic carbocycles. The second kappa shape index (κ2) is 3.63. The Bertz CT molecular complexity index is 173.